The molecule has 1 aromatic carbocycles. The first-order valence-electron chi connectivity index (χ1n) is 6.57. The van der Waals surface area contributed by atoms with Crippen LogP contribution in [0.2, 0.25) is 0 Å². The Kier molecular flexibility index (Phi) is 4.96. The maximum Gasteiger partial charge on any atom is 0.238 e. The summed E-state index contributed by atoms with van der Waals surface area (Å²) in [7, 11) is 1.69. The van der Waals surface area contributed by atoms with Crippen molar-refractivity contribution in [2.45, 2.75) is 19.0 Å². The van der Waals surface area contributed by atoms with Gasteiger partial charge in [-0.25, -0.2) is 0 Å². The zero-order chi connectivity index (χ0) is 13.8. The molecule has 0 aromatic heterocycles. The van der Waals surface area contributed by atoms with E-state index in [9.17, 15) is 4.79 Å². The van der Waals surface area contributed by atoms with Crippen molar-refractivity contribution in [3.8, 4) is 0 Å². The van der Waals surface area contributed by atoms with Gasteiger partial charge in [-0.15, -0.1) is 0 Å². The second-order valence-electron chi connectivity index (χ2n) is 4.77. The molecule has 1 aliphatic heterocycles. The number of benzene rings is 1. The first-order valence-corrected chi connectivity index (χ1v) is 7.37. The van der Waals surface area contributed by atoms with E-state index in [1.54, 1.807) is 7.05 Å². The van der Waals surface area contributed by atoms with E-state index in [0.717, 1.165) is 17.6 Å². The lowest BCUT2D eigenvalue weighted by Gasteiger charge is -2.39. The lowest BCUT2D eigenvalue weighted by Crippen LogP contribution is -2.57. The van der Waals surface area contributed by atoms with Gasteiger partial charge in [0.05, 0.1) is 0 Å². The summed E-state index contributed by atoms with van der Waals surface area (Å²) in [6.07, 6.45) is 0. The molecule has 104 valence electrons. The number of carbonyl (C=O) groups is 1. The molecule has 0 bridgehead atoms. The first kappa shape index (κ1) is 14.5. The van der Waals surface area contributed by atoms with E-state index in [1.807, 2.05) is 18.2 Å². The summed E-state index contributed by atoms with van der Waals surface area (Å²) < 4.78 is 1.09. The van der Waals surface area contributed by atoms with Crippen LogP contribution in [-0.2, 0) is 4.79 Å². The molecule has 0 spiro atoms. The van der Waals surface area contributed by atoms with Crippen LogP contribution in [0.25, 0.3) is 0 Å². The molecule has 4 nitrogen and oxygen atoms in total. The zero-order valence-electron chi connectivity index (χ0n) is 11.3. The summed E-state index contributed by atoms with van der Waals surface area (Å²) in [4.78, 5) is 14.3. The fourth-order valence-corrected chi connectivity index (χ4v) is 3.20. The van der Waals surface area contributed by atoms with Crippen LogP contribution >= 0.6 is 15.9 Å². The highest BCUT2D eigenvalue weighted by Crippen LogP contribution is 2.29. The Morgan fingerprint density at radius 3 is 2.95 bits per heavy atom. The second-order valence-corrected chi connectivity index (χ2v) is 5.62. The Hall–Kier alpha value is -0.910. The number of piperazine rings is 1. The molecule has 5 heteroatoms. The molecule has 2 rings (SSSR count). The van der Waals surface area contributed by atoms with Crippen molar-refractivity contribution in [1.29, 1.82) is 0 Å². The number of nitrogens with zero attached hydrogens (tertiary/aromatic N) is 1. The van der Waals surface area contributed by atoms with E-state index >= 15 is 0 Å². The van der Waals surface area contributed by atoms with Crippen LogP contribution in [0.4, 0.5) is 0 Å². The predicted octanol–water partition coefficient (Wildman–Crippen LogP) is 1.53. The van der Waals surface area contributed by atoms with Crippen LogP contribution in [0.3, 0.4) is 0 Å². The van der Waals surface area contributed by atoms with Crippen molar-refractivity contribution in [3.05, 3.63) is 34.3 Å². The quantitative estimate of drug-likeness (QED) is 0.885. The number of hydrogen-bond donors (Lipinski definition) is 2. The Morgan fingerprint density at radius 2 is 2.26 bits per heavy atom. The van der Waals surface area contributed by atoms with Crippen molar-refractivity contribution in [2.24, 2.45) is 0 Å². The maximum atomic E-state index is 12.0. The van der Waals surface area contributed by atoms with Gasteiger partial charge >= 0.3 is 0 Å². The third kappa shape index (κ3) is 3.16. The number of likely N-dealkylation sites (N-methyl/N-ethyl adjacent to an activating group) is 1. The van der Waals surface area contributed by atoms with Gasteiger partial charge in [-0.2, -0.15) is 0 Å². The largest absolute Gasteiger partial charge is 0.358 e. The van der Waals surface area contributed by atoms with E-state index in [1.165, 1.54) is 5.56 Å². The van der Waals surface area contributed by atoms with Crippen molar-refractivity contribution in [1.82, 2.24) is 15.5 Å². The molecule has 1 fully saturated rings. The number of carbonyl (C=O) groups excluding carboxylic acids is 1. The summed E-state index contributed by atoms with van der Waals surface area (Å²) in [6, 6.07) is 8.30. The molecule has 19 heavy (non-hydrogen) atoms. The molecule has 1 aliphatic rings. The van der Waals surface area contributed by atoms with Crippen LogP contribution < -0.4 is 10.6 Å². The summed E-state index contributed by atoms with van der Waals surface area (Å²) in [5, 5.41) is 6.04. The Labute approximate surface area is 122 Å². The van der Waals surface area contributed by atoms with Crippen LogP contribution in [0.15, 0.2) is 28.7 Å². The van der Waals surface area contributed by atoms with Gasteiger partial charge in [0.15, 0.2) is 0 Å². The highest BCUT2D eigenvalue weighted by Gasteiger charge is 2.32. The molecule has 2 N–H and O–H groups in total. The van der Waals surface area contributed by atoms with Gasteiger partial charge in [-0.3, -0.25) is 9.69 Å². The van der Waals surface area contributed by atoms with Crippen LogP contribution in [0, 0.1) is 0 Å². The topological polar surface area (TPSA) is 44.4 Å². The van der Waals surface area contributed by atoms with Gasteiger partial charge in [0.25, 0.3) is 0 Å². The van der Waals surface area contributed by atoms with Crippen molar-refractivity contribution in [3.63, 3.8) is 0 Å². The summed E-state index contributed by atoms with van der Waals surface area (Å²) in [5.74, 6) is 0.0751. The molecule has 2 atom stereocenters. The molecule has 2 unspecified atom stereocenters. The number of halogens is 1. The summed E-state index contributed by atoms with van der Waals surface area (Å²) in [6.45, 7) is 4.65. The fourth-order valence-electron chi connectivity index (χ4n) is 2.59. The first-order chi connectivity index (χ1) is 9.15. The van der Waals surface area contributed by atoms with Crippen LogP contribution in [-0.4, -0.2) is 43.5 Å². The lowest BCUT2D eigenvalue weighted by atomic mass is 10.0. The average Bonchev–Trinajstić information content (AvgIpc) is 2.46. The molecule has 0 aliphatic carbocycles. The van der Waals surface area contributed by atoms with Crippen LogP contribution in [0.5, 0.6) is 0 Å². The Balaban J connectivity index is 2.22. The fraction of sp³-hybridized carbons (Fsp3) is 0.500. The number of nitrogens with one attached hydrogen (secondary N) is 2. The molecule has 1 aromatic rings. The molecule has 0 radical (unpaired) electrons. The highest BCUT2D eigenvalue weighted by atomic mass is 79.9. The summed E-state index contributed by atoms with van der Waals surface area (Å²) >= 11 is 3.59. The zero-order valence-corrected chi connectivity index (χ0v) is 12.9. The number of rotatable bonds is 3. The molecule has 1 heterocycles. The van der Waals surface area contributed by atoms with Gasteiger partial charge in [0, 0.05) is 37.2 Å². The van der Waals surface area contributed by atoms with E-state index < -0.39 is 0 Å². The SMILES string of the molecule is CNC(=O)C1CNCCN1C(C)c1ccccc1Br. The Morgan fingerprint density at radius 1 is 1.53 bits per heavy atom. The molecule has 0 saturated carbocycles. The van der Waals surface area contributed by atoms with Crippen molar-refractivity contribution >= 4 is 21.8 Å². The highest BCUT2D eigenvalue weighted by molar-refractivity contribution is 9.10. The molecule has 1 amide bonds. The summed E-state index contributed by atoms with van der Waals surface area (Å²) in [5.41, 5.74) is 1.22. The van der Waals surface area contributed by atoms with Gasteiger partial charge in [0.2, 0.25) is 5.91 Å². The van der Waals surface area contributed by atoms with Crippen molar-refractivity contribution < 1.29 is 4.79 Å². The predicted molar refractivity (Wildman–Crippen MR) is 80.0 cm³/mol. The standard InChI is InChI=1S/C14H20BrN3O/c1-10(11-5-3-4-6-12(11)15)18-8-7-17-9-13(18)14(19)16-2/h3-6,10,13,17H,7-9H2,1-2H3,(H,16,19). The van der Waals surface area contributed by atoms with E-state index in [4.69, 9.17) is 0 Å². The number of hydrogen-bond acceptors (Lipinski definition) is 3. The lowest BCUT2D eigenvalue weighted by molar-refractivity contribution is -0.127. The minimum atomic E-state index is -0.110. The average molecular weight is 326 g/mol. The van der Waals surface area contributed by atoms with Gasteiger partial charge in [-0.1, -0.05) is 34.1 Å². The smallest absolute Gasteiger partial charge is 0.238 e. The van der Waals surface area contributed by atoms with E-state index in [-0.39, 0.29) is 18.0 Å². The number of amides is 1. The third-order valence-corrected chi connectivity index (χ3v) is 4.41. The minimum absolute atomic E-state index is 0.0751. The monoisotopic (exact) mass is 325 g/mol. The Bertz CT molecular complexity index is 452. The second kappa shape index (κ2) is 6.50. The normalized spacial score (nSPS) is 21.9. The van der Waals surface area contributed by atoms with E-state index in [2.05, 4.69) is 44.5 Å². The van der Waals surface area contributed by atoms with Crippen LogP contribution in [0.1, 0.15) is 18.5 Å². The van der Waals surface area contributed by atoms with Crippen molar-refractivity contribution in [2.75, 3.05) is 26.7 Å². The van der Waals surface area contributed by atoms with Gasteiger partial charge in [-0.05, 0) is 18.6 Å². The van der Waals surface area contributed by atoms with E-state index in [0.29, 0.717) is 6.54 Å². The minimum Gasteiger partial charge on any atom is -0.358 e. The maximum absolute atomic E-state index is 12.0. The molecular formula is C14H20BrN3O. The third-order valence-electron chi connectivity index (χ3n) is 3.69. The van der Waals surface area contributed by atoms with Gasteiger partial charge in [0.1, 0.15) is 6.04 Å². The molecule has 1 saturated heterocycles. The van der Waals surface area contributed by atoms with Gasteiger partial charge < -0.3 is 10.6 Å². The molecular weight excluding hydrogens is 306 g/mol.